The number of hydrogen-bond donors (Lipinski definition) is 0. The van der Waals surface area contributed by atoms with Crippen LogP contribution in [0.15, 0.2) is 24.6 Å². The molecule has 0 aliphatic heterocycles. The van der Waals surface area contributed by atoms with Gasteiger partial charge >= 0.3 is 0 Å². The standard InChI is InChI=1S/C24H47N/c1-4-7-10-12-14-15-16-17-19-21-24-25(22-9-6-3)23-20-18-13-11-8-5-2/h9,21-22,24H,4-8,10-20,23H2,1-3H3. The Morgan fingerprint density at radius 2 is 1.00 bits per heavy atom. The summed E-state index contributed by atoms with van der Waals surface area (Å²) >= 11 is 0. The van der Waals surface area contributed by atoms with Crippen LogP contribution in [0.3, 0.4) is 0 Å². The molecule has 0 unspecified atom stereocenters. The quantitative estimate of drug-likeness (QED) is 0.211. The van der Waals surface area contributed by atoms with Crippen molar-refractivity contribution < 1.29 is 0 Å². The first-order valence-electron chi connectivity index (χ1n) is 11.4. The molecule has 0 atom stereocenters. The van der Waals surface area contributed by atoms with Crippen LogP contribution < -0.4 is 0 Å². The molecular weight excluding hydrogens is 302 g/mol. The lowest BCUT2D eigenvalue weighted by atomic mass is 10.1. The predicted molar refractivity (Wildman–Crippen MR) is 116 cm³/mol. The molecule has 25 heavy (non-hydrogen) atoms. The van der Waals surface area contributed by atoms with Crippen LogP contribution in [0.4, 0.5) is 0 Å². The molecule has 0 fully saturated rings. The zero-order chi connectivity index (χ0) is 18.4. The highest BCUT2D eigenvalue weighted by atomic mass is 15.1. The molecule has 0 spiro atoms. The highest BCUT2D eigenvalue weighted by Gasteiger charge is 1.96. The molecule has 0 aliphatic carbocycles. The molecule has 1 heteroatoms. The van der Waals surface area contributed by atoms with Gasteiger partial charge in [0, 0.05) is 6.54 Å². The molecule has 1 nitrogen and oxygen atoms in total. The van der Waals surface area contributed by atoms with Gasteiger partial charge in [-0.25, -0.2) is 0 Å². The molecule has 0 aliphatic rings. The second-order valence-corrected chi connectivity index (χ2v) is 7.45. The van der Waals surface area contributed by atoms with Crippen LogP contribution in [-0.4, -0.2) is 11.4 Å². The topological polar surface area (TPSA) is 3.24 Å². The van der Waals surface area contributed by atoms with Crippen molar-refractivity contribution in [3.8, 4) is 0 Å². The fourth-order valence-corrected chi connectivity index (χ4v) is 3.12. The lowest BCUT2D eigenvalue weighted by Gasteiger charge is -2.15. The fourth-order valence-electron chi connectivity index (χ4n) is 3.12. The normalized spacial score (nSPS) is 11.8. The first kappa shape index (κ1) is 24.3. The predicted octanol–water partition coefficient (Wildman–Crippen LogP) is 8.62. The Morgan fingerprint density at radius 1 is 0.520 bits per heavy atom. The van der Waals surface area contributed by atoms with Gasteiger partial charge < -0.3 is 4.90 Å². The zero-order valence-electron chi connectivity index (χ0n) is 17.8. The smallest absolute Gasteiger partial charge is 0.0219 e. The van der Waals surface area contributed by atoms with Crippen molar-refractivity contribution in [3.05, 3.63) is 24.6 Å². The first-order valence-corrected chi connectivity index (χ1v) is 11.4. The van der Waals surface area contributed by atoms with Crippen molar-refractivity contribution in [2.75, 3.05) is 6.54 Å². The largest absolute Gasteiger partial charge is 0.355 e. The van der Waals surface area contributed by atoms with Gasteiger partial charge in [0.1, 0.15) is 0 Å². The zero-order valence-corrected chi connectivity index (χ0v) is 17.8. The molecule has 0 saturated carbocycles. The van der Waals surface area contributed by atoms with E-state index in [9.17, 15) is 0 Å². The van der Waals surface area contributed by atoms with Crippen molar-refractivity contribution >= 4 is 0 Å². The summed E-state index contributed by atoms with van der Waals surface area (Å²) in [5.74, 6) is 0. The van der Waals surface area contributed by atoms with E-state index in [0.717, 1.165) is 6.42 Å². The summed E-state index contributed by atoms with van der Waals surface area (Å²) < 4.78 is 0. The van der Waals surface area contributed by atoms with E-state index in [4.69, 9.17) is 0 Å². The Hall–Kier alpha value is -0.720. The van der Waals surface area contributed by atoms with Gasteiger partial charge in [-0.05, 0) is 38.1 Å². The van der Waals surface area contributed by atoms with Gasteiger partial charge in [0.15, 0.2) is 0 Å². The average molecular weight is 350 g/mol. The Morgan fingerprint density at radius 3 is 1.56 bits per heavy atom. The van der Waals surface area contributed by atoms with Crippen LogP contribution in [0.5, 0.6) is 0 Å². The summed E-state index contributed by atoms with van der Waals surface area (Å²) in [6, 6.07) is 0. The Bertz CT molecular complexity index is 292. The van der Waals surface area contributed by atoms with Crippen LogP contribution in [0, 0.1) is 0 Å². The van der Waals surface area contributed by atoms with E-state index in [-0.39, 0.29) is 0 Å². The van der Waals surface area contributed by atoms with E-state index in [1.165, 1.54) is 103 Å². The minimum absolute atomic E-state index is 1.12. The Labute approximate surface area is 160 Å². The van der Waals surface area contributed by atoms with Crippen molar-refractivity contribution in [1.82, 2.24) is 4.90 Å². The molecule has 0 amide bonds. The van der Waals surface area contributed by atoms with Gasteiger partial charge in [0.05, 0.1) is 0 Å². The molecule has 0 rings (SSSR count). The Kier molecular flexibility index (Phi) is 20.7. The lowest BCUT2D eigenvalue weighted by molar-refractivity contribution is 0.463. The van der Waals surface area contributed by atoms with Gasteiger partial charge in [0.2, 0.25) is 0 Å². The molecule has 0 aromatic rings. The molecule has 0 radical (unpaired) electrons. The minimum atomic E-state index is 1.12. The average Bonchev–Trinajstić information content (AvgIpc) is 2.63. The molecule has 0 heterocycles. The molecule has 0 bridgehead atoms. The summed E-state index contributed by atoms with van der Waals surface area (Å²) in [5.41, 5.74) is 0. The summed E-state index contributed by atoms with van der Waals surface area (Å²) in [5, 5.41) is 0. The number of hydrogen-bond acceptors (Lipinski definition) is 1. The summed E-state index contributed by atoms with van der Waals surface area (Å²) in [6.45, 7) is 7.96. The highest BCUT2D eigenvalue weighted by molar-refractivity contribution is 4.91. The third kappa shape index (κ3) is 19.5. The van der Waals surface area contributed by atoms with Crippen molar-refractivity contribution in [2.24, 2.45) is 0 Å². The summed E-state index contributed by atoms with van der Waals surface area (Å²) in [7, 11) is 0. The maximum Gasteiger partial charge on any atom is 0.0219 e. The third-order valence-electron chi connectivity index (χ3n) is 4.82. The van der Waals surface area contributed by atoms with E-state index in [1.807, 2.05) is 0 Å². The third-order valence-corrected chi connectivity index (χ3v) is 4.82. The lowest BCUT2D eigenvalue weighted by Crippen LogP contribution is -2.11. The number of allylic oxidation sites excluding steroid dienone is 2. The second-order valence-electron chi connectivity index (χ2n) is 7.45. The van der Waals surface area contributed by atoms with Crippen molar-refractivity contribution in [3.63, 3.8) is 0 Å². The van der Waals surface area contributed by atoms with Crippen molar-refractivity contribution in [1.29, 1.82) is 0 Å². The minimum Gasteiger partial charge on any atom is -0.355 e. The van der Waals surface area contributed by atoms with Gasteiger partial charge in [-0.15, -0.1) is 0 Å². The SMILES string of the molecule is CCC=CN(C=CCCCCCCCCCC)CCCCCCCC. The second kappa shape index (κ2) is 21.3. The highest BCUT2D eigenvalue weighted by Crippen LogP contribution is 2.10. The Balaban J connectivity index is 3.71. The first-order chi connectivity index (χ1) is 12.3. The number of unbranched alkanes of at least 4 members (excludes halogenated alkanes) is 13. The molecule has 0 aromatic carbocycles. The van der Waals surface area contributed by atoms with Gasteiger partial charge in [-0.2, -0.15) is 0 Å². The van der Waals surface area contributed by atoms with E-state index < -0.39 is 0 Å². The maximum absolute atomic E-state index is 2.40. The van der Waals surface area contributed by atoms with Gasteiger partial charge in [0.25, 0.3) is 0 Å². The van der Waals surface area contributed by atoms with Gasteiger partial charge in [-0.3, -0.25) is 0 Å². The van der Waals surface area contributed by atoms with Crippen molar-refractivity contribution in [2.45, 2.75) is 124 Å². The van der Waals surface area contributed by atoms with E-state index in [1.54, 1.807) is 0 Å². The van der Waals surface area contributed by atoms with Crippen LogP contribution >= 0.6 is 0 Å². The number of rotatable bonds is 19. The van der Waals surface area contributed by atoms with E-state index in [0.29, 0.717) is 0 Å². The van der Waals surface area contributed by atoms with Crippen LogP contribution in [0.25, 0.3) is 0 Å². The summed E-state index contributed by atoms with van der Waals surface area (Å²) in [4.78, 5) is 2.40. The molecular formula is C24H47N. The summed E-state index contributed by atoms with van der Waals surface area (Å²) in [6.07, 6.45) is 31.1. The molecule has 148 valence electrons. The van der Waals surface area contributed by atoms with E-state index in [2.05, 4.69) is 50.2 Å². The van der Waals surface area contributed by atoms with Crippen LogP contribution in [0.2, 0.25) is 0 Å². The maximum atomic E-state index is 2.40. The molecule has 0 N–H and O–H groups in total. The van der Waals surface area contributed by atoms with Gasteiger partial charge in [-0.1, -0.05) is 110 Å². The monoisotopic (exact) mass is 349 g/mol. The van der Waals surface area contributed by atoms with Crippen LogP contribution in [0.1, 0.15) is 124 Å². The van der Waals surface area contributed by atoms with E-state index >= 15 is 0 Å². The number of nitrogens with zero attached hydrogens (tertiary/aromatic N) is 1. The van der Waals surface area contributed by atoms with Crippen LogP contribution in [-0.2, 0) is 0 Å². The molecule has 0 saturated heterocycles. The molecule has 0 aromatic heterocycles. The fraction of sp³-hybridized carbons (Fsp3) is 0.833.